The van der Waals surface area contributed by atoms with Crippen LogP contribution in [-0.4, -0.2) is 58.0 Å². The highest BCUT2D eigenvalue weighted by Gasteiger charge is 2.31. The molecule has 1 N–H and O–H groups in total. The standard InChI is InChI=1S/C12H22N2O6S/c1-3-20-12(16)10-5-8-14(9-6-10)21(17,18)13-7-4-11(15)19-2/h10,13H,3-9H2,1-2H3. The molecule has 122 valence electrons. The second-order valence-electron chi connectivity index (χ2n) is 4.65. The van der Waals surface area contributed by atoms with Gasteiger partial charge in [-0.05, 0) is 19.8 Å². The molecule has 1 aliphatic rings. The first-order chi connectivity index (χ1) is 9.90. The molecule has 1 saturated heterocycles. The number of rotatable bonds is 7. The molecule has 0 bridgehead atoms. The summed E-state index contributed by atoms with van der Waals surface area (Å²) in [5.41, 5.74) is 0. The van der Waals surface area contributed by atoms with Gasteiger partial charge in [-0.15, -0.1) is 0 Å². The van der Waals surface area contributed by atoms with Crippen LogP contribution in [0.5, 0.6) is 0 Å². The van der Waals surface area contributed by atoms with Gasteiger partial charge in [0.2, 0.25) is 0 Å². The van der Waals surface area contributed by atoms with Gasteiger partial charge in [0.1, 0.15) is 0 Å². The Morgan fingerprint density at radius 3 is 2.43 bits per heavy atom. The van der Waals surface area contributed by atoms with E-state index < -0.39 is 16.2 Å². The van der Waals surface area contributed by atoms with Crippen LogP contribution >= 0.6 is 0 Å². The Morgan fingerprint density at radius 1 is 1.29 bits per heavy atom. The molecule has 0 saturated carbocycles. The van der Waals surface area contributed by atoms with Crippen molar-refractivity contribution >= 4 is 22.1 Å². The Bertz CT molecular complexity index is 456. The van der Waals surface area contributed by atoms with Crippen LogP contribution in [0.3, 0.4) is 0 Å². The number of methoxy groups -OCH3 is 1. The molecule has 8 nitrogen and oxygen atoms in total. The summed E-state index contributed by atoms with van der Waals surface area (Å²) < 4.78 is 37.0. The molecule has 0 spiro atoms. The Morgan fingerprint density at radius 2 is 1.90 bits per heavy atom. The van der Waals surface area contributed by atoms with E-state index >= 15 is 0 Å². The number of nitrogens with one attached hydrogen (secondary N) is 1. The van der Waals surface area contributed by atoms with Crippen LogP contribution in [0.2, 0.25) is 0 Å². The second kappa shape index (κ2) is 8.30. The highest BCUT2D eigenvalue weighted by atomic mass is 32.2. The van der Waals surface area contributed by atoms with Crippen LogP contribution in [0.15, 0.2) is 0 Å². The normalized spacial score (nSPS) is 17.4. The summed E-state index contributed by atoms with van der Waals surface area (Å²) in [5, 5.41) is 0. The molecule has 1 heterocycles. The van der Waals surface area contributed by atoms with Crippen LogP contribution < -0.4 is 4.72 Å². The fraction of sp³-hybridized carbons (Fsp3) is 0.833. The van der Waals surface area contributed by atoms with E-state index in [0.717, 1.165) is 0 Å². The van der Waals surface area contributed by atoms with Crippen molar-refractivity contribution in [2.45, 2.75) is 26.2 Å². The molecule has 0 radical (unpaired) electrons. The van der Waals surface area contributed by atoms with Crippen molar-refractivity contribution < 1.29 is 27.5 Å². The van der Waals surface area contributed by atoms with Crippen LogP contribution in [0.4, 0.5) is 0 Å². The van der Waals surface area contributed by atoms with Gasteiger partial charge < -0.3 is 9.47 Å². The van der Waals surface area contributed by atoms with Gasteiger partial charge in [-0.2, -0.15) is 12.7 Å². The molecule has 21 heavy (non-hydrogen) atoms. The number of ether oxygens (including phenoxy) is 2. The third kappa shape index (κ3) is 5.60. The fourth-order valence-electron chi connectivity index (χ4n) is 2.07. The van der Waals surface area contributed by atoms with Gasteiger partial charge in [0.15, 0.2) is 0 Å². The van der Waals surface area contributed by atoms with Crippen LogP contribution in [0, 0.1) is 5.92 Å². The number of nitrogens with zero attached hydrogens (tertiary/aromatic N) is 1. The van der Waals surface area contributed by atoms with Gasteiger partial charge in [0.25, 0.3) is 10.2 Å². The van der Waals surface area contributed by atoms with Gasteiger partial charge in [0.05, 0.1) is 26.1 Å². The van der Waals surface area contributed by atoms with E-state index in [4.69, 9.17) is 4.74 Å². The molecule has 1 aliphatic heterocycles. The van der Waals surface area contributed by atoms with E-state index in [2.05, 4.69) is 9.46 Å². The monoisotopic (exact) mass is 322 g/mol. The van der Waals surface area contributed by atoms with Gasteiger partial charge in [-0.1, -0.05) is 0 Å². The average molecular weight is 322 g/mol. The van der Waals surface area contributed by atoms with E-state index in [0.29, 0.717) is 19.4 Å². The van der Waals surface area contributed by atoms with Crippen molar-refractivity contribution in [2.24, 2.45) is 5.92 Å². The molecule has 0 unspecified atom stereocenters. The first-order valence-electron chi connectivity index (χ1n) is 6.89. The molecule has 0 aromatic heterocycles. The SMILES string of the molecule is CCOC(=O)C1CCN(S(=O)(=O)NCCC(=O)OC)CC1. The van der Waals surface area contributed by atoms with Gasteiger partial charge in [0, 0.05) is 19.6 Å². The average Bonchev–Trinajstić information content (AvgIpc) is 2.47. The zero-order valence-corrected chi connectivity index (χ0v) is 13.1. The predicted octanol–water partition coefficient (Wildman–Crippen LogP) is -0.341. The summed E-state index contributed by atoms with van der Waals surface area (Å²) in [4.78, 5) is 22.5. The molecule has 0 aromatic rings. The molecular formula is C12H22N2O6S. The van der Waals surface area contributed by atoms with Gasteiger partial charge in [-0.25, -0.2) is 4.72 Å². The lowest BCUT2D eigenvalue weighted by Gasteiger charge is -2.29. The topological polar surface area (TPSA) is 102 Å². The molecule has 1 rings (SSSR count). The van der Waals surface area contributed by atoms with Crippen LogP contribution in [0.25, 0.3) is 0 Å². The molecular weight excluding hydrogens is 300 g/mol. The number of carbonyl (C=O) groups is 2. The van der Waals surface area contributed by atoms with Crippen molar-refractivity contribution in [2.75, 3.05) is 33.4 Å². The summed E-state index contributed by atoms with van der Waals surface area (Å²) in [6, 6.07) is 0. The maximum Gasteiger partial charge on any atom is 0.309 e. The third-order valence-corrected chi connectivity index (χ3v) is 4.87. The molecule has 0 amide bonds. The number of hydrogen-bond acceptors (Lipinski definition) is 6. The maximum absolute atomic E-state index is 12.0. The zero-order valence-electron chi connectivity index (χ0n) is 12.3. The molecule has 1 fully saturated rings. The number of carbonyl (C=O) groups excluding carboxylic acids is 2. The van der Waals surface area contributed by atoms with E-state index in [1.807, 2.05) is 0 Å². The first kappa shape index (κ1) is 17.9. The first-order valence-corrected chi connectivity index (χ1v) is 8.33. The summed E-state index contributed by atoms with van der Waals surface area (Å²) >= 11 is 0. The molecule has 0 atom stereocenters. The Labute approximate surface area is 125 Å². The van der Waals surface area contributed by atoms with Crippen LogP contribution in [-0.2, 0) is 29.3 Å². The van der Waals surface area contributed by atoms with E-state index in [9.17, 15) is 18.0 Å². The lowest BCUT2D eigenvalue weighted by molar-refractivity contribution is -0.149. The minimum absolute atomic E-state index is 0.00713. The van der Waals surface area contributed by atoms with E-state index in [1.54, 1.807) is 6.92 Å². The maximum atomic E-state index is 12.0. The van der Waals surface area contributed by atoms with Crippen molar-refractivity contribution in [1.29, 1.82) is 0 Å². The minimum atomic E-state index is -3.63. The zero-order chi connectivity index (χ0) is 15.9. The van der Waals surface area contributed by atoms with Gasteiger partial charge in [-0.3, -0.25) is 9.59 Å². The smallest absolute Gasteiger partial charge is 0.309 e. The summed E-state index contributed by atoms with van der Waals surface area (Å²) in [6.45, 7) is 2.58. The predicted molar refractivity (Wildman–Crippen MR) is 74.5 cm³/mol. The molecule has 0 aliphatic carbocycles. The second-order valence-corrected chi connectivity index (χ2v) is 6.41. The number of hydrogen-bond donors (Lipinski definition) is 1. The minimum Gasteiger partial charge on any atom is -0.469 e. The summed E-state index contributed by atoms with van der Waals surface area (Å²) in [7, 11) is -2.38. The molecule has 9 heteroatoms. The Hall–Kier alpha value is -1.19. The molecule has 0 aromatic carbocycles. The highest BCUT2D eigenvalue weighted by Crippen LogP contribution is 2.20. The van der Waals surface area contributed by atoms with E-state index in [-0.39, 0.29) is 37.9 Å². The Kier molecular flexibility index (Phi) is 7.06. The lowest BCUT2D eigenvalue weighted by Crippen LogP contribution is -2.46. The number of esters is 2. The summed E-state index contributed by atoms with van der Waals surface area (Å²) in [6.07, 6.45) is 0.864. The van der Waals surface area contributed by atoms with Crippen LogP contribution in [0.1, 0.15) is 26.2 Å². The van der Waals surface area contributed by atoms with Crippen molar-refractivity contribution in [3.63, 3.8) is 0 Å². The van der Waals surface area contributed by atoms with Crippen molar-refractivity contribution in [1.82, 2.24) is 9.03 Å². The quantitative estimate of drug-likeness (QED) is 0.643. The summed E-state index contributed by atoms with van der Waals surface area (Å²) in [5.74, 6) is -0.988. The van der Waals surface area contributed by atoms with Crippen molar-refractivity contribution in [3.05, 3.63) is 0 Å². The highest BCUT2D eigenvalue weighted by molar-refractivity contribution is 7.87. The van der Waals surface area contributed by atoms with Gasteiger partial charge >= 0.3 is 11.9 Å². The Balaban J connectivity index is 2.41. The lowest BCUT2D eigenvalue weighted by atomic mass is 9.98. The fourth-order valence-corrected chi connectivity index (χ4v) is 3.30. The number of piperidine rings is 1. The third-order valence-electron chi connectivity index (χ3n) is 3.26. The largest absolute Gasteiger partial charge is 0.469 e. The van der Waals surface area contributed by atoms with E-state index in [1.165, 1.54) is 11.4 Å². The van der Waals surface area contributed by atoms with Crippen molar-refractivity contribution in [3.8, 4) is 0 Å².